The molecule has 2 aromatic carbocycles. The Morgan fingerprint density at radius 1 is 1.16 bits per heavy atom. The van der Waals surface area contributed by atoms with Crippen LogP contribution in [0.25, 0.3) is 6.08 Å². The lowest BCUT2D eigenvalue weighted by molar-refractivity contribution is -0.136. The maximum atomic E-state index is 14.1. The Labute approximate surface area is 181 Å². The van der Waals surface area contributed by atoms with E-state index in [1.54, 1.807) is 56.5 Å². The van der Waals surface area contributed by atoms with Crippen molar-refractivity contribution in [2.75, 3.05) is 14.2 Å². The molecule has 0 aliphatic carbocycles. The van der Waals surface area contributed by atoms with Gasteiger partial charge >= 0.3 is 5.97 Å². The highest BCUT2D eigenvalue weighted by Gasteiger charge is 2.33. The number of rotatable bonds is 4. The first-order chi connectivity index (χ1) is 14.9. The first kappa shape index (κ1) is 20.7. The summed E-state index contributed by atoms with van der Waals surface area (Å²) in [5.41, 5.74) is 1.39. The number of fused-ring (bicyclic) bond motifs is 1. The van der Waals surface area contributed by atoms with Crippen molar-refractivity contribution in [2.45, 2.75) is 13.0 Å². The lowest BCUT2D eigenvalue weighted by atomic mass is 9.96. The zero-order valence-electron chi connectivity index (χ0n) is 17.1. The average molecular weight is 438 g/mol. The standard InChI is InChI=1S/C23H19FN2O4S/c1-13-19(22(28)30-3)20(14-8-10-16(29-2)11-9-14)26-21(27)18(31-23(26)25-13)12-15-6-4-5-7-17(15)24/h4-12,20H,1-3H3. The third-order valence-corrected chi connectivity index (χ3v) is 6.03. The fourth-order valence-electron chi connectivity index (χ4n) is 3.53. The molecule has 0 spiro atoms. The van der Waals surface area contributed by atoms with Gasteiger partial charge in [-0.1, -0.05) is 41.7 Å². The number of carbonyl (C=O) groups is 1. The fourth-order valence-corrected chi connectivity index (χ4v) is 4.57. The number of allylic oxidation sites excluding steroid dienone is 1. The van der Waals surface area contributed by atoms with Gasteiger partial charge in [-0.2, -0.15) is 0 Å². The number of halogens is 1. The van der Waals surface area contributed by atoms with Crippen LogP contribution in [0.15, 0.2) is 69.6 Å². The maximum Gasteiger partial charge on any atom is 0.338 e. The number of aromatic nitrogens is 1. The summed E-state index contributed by atoms with van der Waals surface area (Å²) in [6.45, 7) is 1.71. The van der Waals surface area contributed by atoms with Gasteiger partial charge in [-0.15, -0.1) is 0 Å². The van der Waals surface area contributed by atoms with E-state index in [9.17, 15) is 14.0 Å². The van der Waals surface area contributed by atoms with Crippen molar-refractivity contribution in [1.82, 2.24) is 4.57 Å². The first-order valence-electron chi connectivity index (χ1n) is 9.44. The molecular formula is C23H19FN2O4S. The van der Waals surface area contributed by atoms with Crippen LogP contribution in [0.5, 0.6) is 5.75 Å². The lowest BCUT2D eigenvalue weighted by Crippen LogP contribution is -2.39. The smallest absolute Gasteiger partial charge is 0.338 e. The van der Waals surface area contributed by atoms with Gasteiger partial charge in [0.2, 0.25) is 0 Å². The number of hydrogen-bond acceptors (Lipinski definition) is 6. The Balaban J connectivity index is 1.97. The molecule has 31 heavy (non-hydrogen) atoms. The predicted octanol–water partition coefficient (Wildman–Crippen LogP) is 2.56. The number of esters is 1. The summed E-state index contributed by atoms with van der Waals surface area (Å²) >= 11 is 1.15. The van der Waals surface area contributed by atoms with Crippen LogP contribution in [0.1, 0.15) is 24.1 Å². The van der Waals surface area contributed by atoms with Gasteiger partial charge in [-0.3, -0.25) is 9.36 Å². The summed E-state index contributed by atoms with van der Waals surface area (Å²) in [6, 6.07) is 12.6. The Morgan fingerprint density at radius 2 is 1.87 bits per heavy atom. The molecule has 0 radical (unpaired) electrons. The summed E-state index contributed by atoms with van der Waals surface area (Å²) in [6.07, 6.45) is 1.50. The molecular weight excluding hydrogens is 419 g/mol. The van der Waals surface area contributed by atoms with Gasteiger partial charge in [0.05, 0.1) is 36.1 Å². The fraction of sp³-hybridized carbons (Fsp3) is 0.174. The van der Waals surface area contributed by atoms with Crippen molar-refractivity contribution in [1.29, 1.82) is 0 Å². The normalized spacial score (nSPS) is 16.0. The van der Waals surface area contributed by atoms with E-state index in [0.717, 1.165) is 11.3 Å². The molecule has 8 heteroatoms. The molecule has 1 unspecified atom stereocenters. The molecule has 0 N–H and O–H groups in total. The van der Waals surface area contributed by atoms with Crippen LogP contribution in [-0.2, 0) is 9.53 Å². The Bertz CT molecular complexity index is 1370. The largest absolute Gasteiger partial charge is 0.497 e. The van der Waals surface area contributed by atoms with Crippen LogP contribution < -0.4 is 19.6 Å². The minimum Gasteiger partial charge on any atom is -0.497 e. The molecule has 158 valence electrons. The summed E-state index contributed by atoms with van der Waals surface area (Å²) in [4.78, 5) is 30.9. The van der Waals surface area contributed by atoms with Crippen LogP contribution in [0.4, 0.5) is 4.39 Å². The van der Waals surface area contributed by atoms with Crippen molar-refractivity contribution in [3.05, 3.63) is 96.4 Å². The van der Waals surface area contributed by atoms with Crippen LogP contribution in [0.3, 0.4) is 0 Å². The summed E-state index contributed by atoms with van der Waals surface area (Å²) < 4.78 is 26.1. The molecule has 0 saturated carbocycles. The minimum atomic E-state index is -0.725. The summed E-state index contributed by atoms with van der Waals surface area (Å²) in [5, 5.41) is 0. The molecule has 1 aromatic heterocycles. The van der Waals surface area contributed by atoms with Crippen molar-refractivity contribution in [3.8, 4) is 5.75 Å². The third-order valence-electron chi connectivity index (χ3n) is 5.05. The quantitative estimate of drug-likeness (QED) is 0.587. The van der Waals surface area contributed by atoms with E-state index < -0.39 is 17.8 Å². The molecule has 3 aromatic rings. The zero-order chi connectivity index (χ0) is 22.1. The highest BCUT2D eigenvalue weighted by atomic mass is 32.1. The molecule has 6 nitrogen and oxygen atoms in total. The monoisotopic (exact) mass is 438 g/mol. The minimum absolute atomic E-state index is 0.275. The average Bonchev–Trinajstić information content (AvgIpc) is 3.08. The van der Waals surface area contributed by atoms with E-state index >= 15 is 0 Å². The van der Waals surface area contributed by atoms with Crippen molar-refractivity contribution >= 4 is 23.4 Å². The maximum absolute atomic E-state index is 14.1. The third kappa shape index (κ3) is 3.70. The second kappa shape index (κ2) is 8.31. The highest BCUT2D eigenvalue weighted by Crippen LogP contribution is 2.31. The molecule has 0 amide bonds. The lowest BCUT2D eigenvalue weighted by Gasteiger charge is -2.24. The van der Waals surface area contributed by atoms with Crippen molar-refractivity contribution < 1.29 is 18.7 Å². The Kier molecular flexibility index (Phi) is 5.56. The van der Waals surface area contributed by atoms with Crippen molar-refractivity contribution in [3.63, 3.8) is 0 Å². The predicted molar refractivity (Wildman–Crippen MR) is 115 cm³/mol. The zero-order valence-corrected chi connectivity index (χ0v) is 17.9. The van der Waals surface area contributed by atoms with E-state index in [4.69, 9.17) is 9.47 Å². The summed E-state index contributed by atoms with van der Waals surface area (Å²) in [5.74, 6) is -0.340. The molecule has 1 atom stereocenters. The molecule has 0 saturated heterocycles. The van der Waals surface area contributed by atoms with E-state index in [0.29, 0.717) is 31.9 Å². The molecule has 0 bridgehead atoms. The van der Waals surface area contributed by atoms with Gasteiger partial charge in [0.1, 0.15) is 11.6 Å². The number of ether oxygens (including phenoxy) is 2. The molecule has 4 rings (SSSR count). The number of thiazole rings is 1. The van der Waals surface area contributed by atoms with Gasteiger partial charge in [0.25, 0.3) is 5.56 Å². The van der Waals surface area contributed by atoms with Gasteiger partial charge in [0.15, 0.2) is 4.80 Å². The van der Waals surface area contributed by atoms with Crippen LogP contribution in [0.2, 0.25) is 0 Å². The SMILES string of the molecule is COC(=O)C1=C(C)N=c2sc(=Cc3ccccc3F)c(=O)n2C1c1ccc(OC)cc1. The molecule has 1 aliphatic heterocycles. The van der Waals surface area contributed by atoms with E-state index in [1.807, 2.05) is 0 Å². The Morgan fingerprint density at radius 3 is 2.52 bits per heavy atom. The van der Waals surface area contributed by atoms with Gasteiger partial charge < -0.3 is 9.47 Å². The second-order valence-electron chi connectivity index (χ2n) is 6.87. The number of carbonyl (C=O) groups excluding carboxylic acids is 1. The van der Waals surface area contributed by atoms with Crippen LogP contribution in [-0.4, -0.2) is 24.8 Å². The van der Waals surface area contributed by atoms with Crippen LogP contribution in [0, 0.1) is 5.82 Å². The van der Waals surface area contributed by atoms with E-state index in [2.05, 4.69) is 4.99 Å². The van der Waals surface area contributed by atoms with E-state index in [-0.39, 0.29) is 11.1 Å². The van der Waals surface area contributed by atoms with Gasteiger partial charge in [-0.25, -0.2) is 14.2 Å². The number of benzene rings is 2. The van der Waals surface area contributed by atoms with E-state index in [1.165, 1.54) is 23.8 Å². The molecule has 1 aliphatic rings. The van der Waals surface area contributed by atoms with Crippen molar-refractivity contribution in [2.24, 2.45) is 4.99 Å². The van der Waals surface area contributed by atoms with Gasteiger partial charge in [0, 0.05) is 5.56 Å². The topological polar surface area (TPSA) is 69.9 Å². The molecule has 2 heterocycles. The Hall–Kier alpha value is -3.52. The number of nitrogens with zero attached hydrogens (tertiary/aromatic N) is 2. The molecule has 0 fully saturated rings. The summed E-state index contributed by atoms with van der Waals surface area (Å²) in [7, 11) is 2.85. The van der Waals surface area contributed by atoms with Crippen LogP contribution >= 0.6 is 11.3 Å². The highest BCUT2D eigenvalue weighted by molar-refractivity contribution is 7.07. The van der Waals surface area contributed by atoms with Gasteiger partial charge in [-0.05, 0) is 36.8 Å². The second-order valence-corrected chi connectivity index (χ2v) is 7.88. The number of hydrogen-bond donors (Lipinski definition) is 0. The number of methoxy groups -OCH3 is 2. The first-order valence-corrected chi connectivity index (χ1v) is 10.3.